The van der Waals surface area contributed by atoms with Gasteiger partial charge in [-0.3, -0.25) is 0 Å². The van der Waals surface area contributed by atoms with Gasteiger partial charge in [0.2, 0.25) is 0 Å². The summed E-state index contributed by atoms with van der Waals surface area (Å²) >= 11 is 0. The second-order valence-corrected chi connectivity index (χ2v) is 15.5. The number of hydrogen-bond donors (Lipinski definition) is 0. The van der Waals surface area contributed by atoms with Gasteiger partial charge in [-0.05, 0) is 120 Å². The van der Waals surface area contributed by atoms with Crippen molar-refractivity contribution in [3.63, 3.8) is 0 Å². The van der Waals surface area contributed by atoms with Gasteiger partial charge in [0.15, 0.2) is 0 Å². The van der Waals surface area contributed by atoms with Gasteiger partial charge in [0, 0.05) is 17.1 Å². The number of rotatable bonds is 12. The van der Waals surface area contributed by atoms with Crippen LogP contribution in [0.3, 0.4) is 0 Å². The molecule has 0 atom stereocenters. The third-order valence-corrected chi connectivity index (χ3v) is 11.9. The Morgan fingerprint density at radius 3 is 1.48 bits per heavy atom. The molecule has 0 saturated carbocycles. The van der Waals surface area contributed by atoms with Crippen LogP contribution < -0.4 is 4.90 Å². The van der Waals surface area contributed by atoms with Crippen LogP contribution in [0.4, 0.5) is 17.1 Å². The van der Waals surface area contributed by atoms with Gasteiger partial charge in [-0.1, -0.05) is 232 Å². The van der Waals surface area contributed by atoms with E-state index < -0.39 is 29.6 Å². The first-order valence-electron chi connectivity index (χ1n) is 25.3. The van der Waals surface area contributed by atoms with E-state index >= 15 is 0 Å². The van der Waals surface area contributed by atoms with Crippen molar-refractivity contribution in [2.75, 3.05) is 4.90 Å². The first-order valence-corrected chi connectivity index (χ1v) is 21.3. The minimum Gasteiger partial charge on any atom is -0.310 e. The number of nitrogens with zero attached hydrogens (tertiary/aromatic N) is 1. The number of hydrogen-bond acceptors (Lipinski definition) is 1. The SMILES string of the molecule is [2H]c1c([2H])c(N(c2ccc3c(c2)C(c2ccccc2)(c2ccccc2)c2ccccc2-3)c2c([2H])c([2H])c(-c3ccccc3-c3ccccc3)c([2H])c2[2H])c([2H])c([2H])c1-c1ccc(/C=C\C=C)c(/C=C\C=C)c1. The molecular formula is C63H47N. The smallest absolute Gasteiger partial charge is 0.0714 e. The lowest BCUT2D eigenvalue weighted by atomic mass is 9.67. The van der Waals surface area contributed by atoms with Crippen molar-refractivity contribution < 1.29 is 11.0 Å². The minimum atomic E-state index is -0.890. The highest BCUT2D eigenvalue weighted by Crippen LogP contribution is 2.57. The van der Waals surface area contributed by atoms with Gasteiger partial charge in [0.25, 0.3) is 0 Å². The summed E-state index contributed by atoms with van der Waals surface area (Å²) < 4.78 is 78.6. The average Bonchev–Trinajstić information content (AvgIpc) is 3.72. The monoisotopic (exact) mass is 825 g/mol. The molecular weight excluding hydrogens is 771 g/mol. The van der Waals surface area contributed by atoms with Crippen molar-refractivity contribution in [3.8, 4) is 44.5 Å². The van der Waals surface area contributed by atoms with Crippen LogP contribution in [-0.4, -0.2) is 0 Å². The summed E-state index contributed by atoms with van der Waals surface area (Å²) in [5.74, 6) is 0. The molecule has 1 aliphatic carbocycles. The van der Waals surface area contributed by atoms with Gasteiger partial charge < -0.3 is 4.90 Å². The van der Waals surface area contributed by atoms with Crippen LogP contribution in [0.15, 0.2) is 262 Å². The normalized spacial score (nSPS) is 14.2. The molecule has 0 radical (unpaired) electrons. The Balaban J connectivity index is 1.28. The van der Waals surface area contributed by atoms with Gasteiger partial charge in [-0.15, -0.1) is 0 Å². The van der Waals surface area contributed by atoms with E-state index in [0.29, 0.717) is 16.8 Å². The molecule has 0 aliphatic heterocycles. The Bertz CT molecular complexity index is 3560. The van der Waals surface area contributed by atoms with E-state index in [1.54, 1.807) is 48.6 Å². The molecule has 0 unspecified atom stereocenters. The van der Waals surface area contributed by atoms with Crippen molar-refractivity contribution in [3.05, 3.63) is 295 Å². The third-order valence-electron chi connectivity index (χ3n) is 11.9. The van der Waals surface area contributed by atoms with Crippen LogP contribution in [0.25, 0.3) is 56.7 Å². The zero-order chi connectivity index (χ0) is 50.3. The highest BCUT2D eigenvalue weighted by molar-refractivity contribution is 5.91. The first-order chi connectivity index (χ1) is 35.0. The summed E-state index contributed by atoms with van der Waals surface area (Å²) in [6.07, 6.45) is 10.6. The van der Waals surface area contributed by atoms with E-state index in [1.807, 2.05) is 127 Å². The van der Waals surface area contributed by atoms with Gasteiger partial charge >= 0.3 is 0 Å². The molecule has 0 N–H and O–H groups in total. The topological polar surface area (TPSA) is 3.24 Å². The van der Waals surface area contributed by atoms with E-state index in [2.05, 4.69) is 49.6 Å². The van der Waals surface area contributed by atoms with Gasteiger partial charge in [0.05, 0.1) is 16.4 Å². The summed E-state index contributed by atoms with van der Waals surface area (Å²) in [6.45, 7) is 7.61. The van der Waals surface area contributed by atoms with Crippen LogP contribution in [0.2, 0.25) is 0 Å². The Kier molecular flexibility index (Phi) is 8.69. The van der Waals surface area contributed by atoms with Crippen LogP contribution >= 0.6 is 0 Å². The lowest BCUT2D eigenvalue weighted by Crippen LogP contribution is -2.28. The zero-order valence-electron chi connectivity index (χ0n) is 43.1. The maximum atomic E-state index is 9.93. The molecule has 0 spiro atoms. The lowest BCUT2D eigenvalue weighted by molar-refractivity contribution is 0.768. The second-order valence-electron chi connectivity index (χ2n) is 15.5. The summed E-state index contributed by atoms with van der Waals surface area (Å²) in [4.78, 5) is 1.41. The van der Waals surface area contributed by atoms with Crippen LogP contribution in [0.5, 0.6) is 0 Å². The molecule has 0 saturated heterocycles. The molecule has 1 nitrogen and oxygen atoms in total. The number of anilines is 3. The fraction of sp³-hybridized carbons (Fsp3) is 0.0159. The summed E-state index contributed by atoms with van der Waals surface area (Å²) in [6, 6.07) is 53.7. The highest BCUT2D eigenvalue weighted by Gasteiger charge is 2.46. The van der Waals surface area contributed by atoms with Crippen molar-refractivity contribution in [1.82, 2.24) is 0 Å². The molecule has 9 aromatic rings. The van der Waals surface area contributed by atoms with Gasteiger partial charge in [0.1, 0.15) is 0 Å². The molecule has 64 heavy (non-hydrogen) atoms. The second kappa shape index (κ2) is 17.6. The van der Waals surface area contributed by atoms with Crippen LogP contribution in [0.1, 0.15) is 44.3 Å². The van der Waals surface area contributed by atoms with Crippen molar-refractivity contribution in [1.29, 1.82) is 0 Å². The maximum Gasteiger partial charge on any atom is 0.0714 e. The molecule has 1 aliphatic rings. The average molecular weight is 826 g/mol. The van der Waals surface area contributed by atoms with Crippen molar-refractivity contribution in [2.45, 2.75) is 5.41 Å². The van der Waals surface area contributed by atoms with E-state index in [0.717, 1.165) is 55.6 Å². The molecule has 10 rings (SSSR count). The molecule has 0 heterocycles. The molecule has 9 aromatic carbocycles. The molecule has 0 amide bonds. The van der Waals surface area contributed by atoms with E-state index in [-0.39, 0.29) is 46.7 Å². The lowest BCUT2D eigenvalue weighted by Gasteiger charge is -2.35. The number of benzene rings is 9. The van der Waals surface area contributed by atoms with Crippen LogP contribution in [0, 0.1) is 0 Å². The molecule has 0 bridgehead atoms. The van der Waals surface area contributed by atoms with Gasteiger partial charge in [-0.25, -0.2) is 0 Å². The van der Waals surface area contributed by atoms with E-state index in [1.165, 1.54) is 4.90 Å². The van der Waals surface area contributed by atoms with Crippen LogP contribution in [-0.2, 0) is 5.41 Å². The fourth-order valence-corrected chi connectivity index (χ4v) is 9.00. The number of fused-ring (bicyclic) bond motifs is 3. The Morgan fingerprint density at radius 1 is 0.375 bits per heavy atom. The van der Waals surface area contributed by atoms with Crippen molar-refractivity contribution in [2.24, 2.45) is 0 Å². The summed E-state index contributed by atoms with van der Waals surface area (Å²) in [5, 5.41) is 0. The third kappa shape index (κ3) is 7.23. The predicted octanol–water partition coefficient (Wildman–Crippen LogP) is 16.9. The molecule has 304 valence electrons. The number of allylic oxidation sites excluding steroid dienone is 4. The molecule has 0 fully saturated rings. The largest absolute Gasteiger partial charge is 0.310 e. The maximum absolute atomic E-state index is 9.93. The zero-order valence-corrected chi connectivity index (χ0v) is 35.1. The highest BCUT2D eigenvalue weighted by atomic mass is 15.1. The standard InChI is InChI=1S/C63H47N/c1-3-5-20-46-32-33-51(44-50(46)21-6-4-2)47-34-38-54(39-35-47)64(55-40-36-49(37-41-55)58-29-17-16-28-57(58)48-22-10-7-11-23-48)56-42-43-60-59-30-18-19-31-61(59)63(62(60)45-56,52-24-12-8-13-25-52)53-26-14-9-15-27-53/h3-45H,1-2H2/b20-5-,21-6-/i34D,35D,36D,37D,38D,39D,40D,41D. The molecule has 1 heteroatoms. The first kappa shape index (κ1) is 31.6. The quantitative estimate of drug-likeness (QED) is 0.111. The fourth-order valence-electron chi connectivity index (χ4n) is 9.00. The Labute approximate surface area is 388 Å². The Hall–Kier alpha value is -8.26. The molecule has 0 aromatic heterocycles. The van der Waals surface area contributed by atoms with E-state index in [4.69, 9.17) is 0 Å². The Morgan fingerprint density at radius 2 is 0.875 bits per heavy atom. The summed E-state index contributed by atoms with van der Waals surface area (Å²) in [5.41, 5.74) is 9.02. The predicted molar refractivity (Wildman–Crippen MR) is 273 cm³/mol. The van der Waals surface area contributed by atoms with Crippen molar-refractivity contribution >= 4 is 29.2 Å². The summed E-state index contributed by atoms with van der Waals surface area (Å²) in [7, 11) is 0. The van der Waals surface area contributed by atoms with E-state index in [9.17, 15) is 11.0 Å². The minimum absolute atomic E-state index is 0.0604. The van der Waals surface area contributed by atoms with Gasteiger partial charge in [-0.2, -0.15) is 0 Å².